The fraction of sp³-hybridized carbons (Fsp3) is 0.381. The summed E-state index contributed by atoms with van der Waals surface area (Å²) in [4.78, 5) is 13.1. The Morgan fingerprint density at radius 1 is 1.07 bits per heavy atom. The molecule has 2 aromatic carbocycles. The fourth-order valence-electron chi connectivity index (χ4n) is 3.72. The van der Waals surface area contributed by atoms with Gasteiger partial charge in [-0.25, -0.2) is 8.42 Å². The number of hydrogen-bond acceptors (Lipinski definition) is 3. The molecule has 1 saturated heterocycles. The zero-order valence-corrected chi connectivity index (χ0v) is 16.8. The first-order chi connectivity index (χ1) is 12.8. The zero-order chi connectivity index (χ0) is 19.6. The van der Waals surface area contributed by atoms with E-state index in [1.165, 1.54) is 4.31 Å². The van der Waals surface area contributed by atoms with Crippen LogP contribution in [-0.4, -0.2) is 31.7 Å². The van der Waals surface area contributed by atoms with Crippen LogP contribution in [0.1, 0.15) is 29.5 Å². The monoisotopic (exact) mass is 386 g/mol. The van der Waals surface area contributed by atoms with Crippen LogP contribution in [0.5, 0.6) is 0 Å². The van der Waals surface area contributed by atoms with Crippen molar-refractivity contribution in [2.24, 2.45) is 5.92 Å². The Kier molecular flexibility index (Phi) is 5.67. The maximum Gasteiger partial charge on any atom is 0.243 e. The molecule has 0 bridgehead atoms. The minimum atomic E-state index is -3.57. The molecule has 0 unspecified atom stereocenters. The van der Waals surface area contributed by atoms with Gasteiger partial charge in [-0.05, 0) is 56.9 Å². The lowest BCUT2D eigenvalue weighted by molar-refractivity contribution is -0.120. The van der Waals surface area contributed by atoms with Crippen molar-refractivity contribution in [2.45, 2.75) is 38.5 Å². The number of nitrogens with one attached hydrogen (secondary N) is 1. The second-order valence-corrected chi connectivity index (χ2v) is 9.22. The summed E-state index contributed by atoms with van der Waals surface area (Å²) in [5.74, 6) is -0.463. The third-order valence-corrected chi connectivity index (χ3v) is 6.94. The third-order valence-electron chi connectivity index (χ3n) is 5.06. The summed E-state index contributed by atoms with van der Waals surface area (Å²) in [7, 11) is -3.57. The van der Waals surface area contributed by atoms with Gasteiger partial charge in [0.05, 0.1) is 10.8 Å². The molecule has 0 radical (unpaired) electrons. The molecular weight excluding hydrogens is 360 g/mol. The molecule has 1 amide bonds. The van der Waals surface area contributed by atoms with Crippen molar-refractivity contribution in [1.82, 2.24) is 4.31 Å². The Hall–Kier alpha value is -2.18. The minimum Gasteiger partial charge on any atom is -0.325 e. The van der Waals surface area contributed by atoms with E-state index in [0.29, 0.717) is 19.4 Å². The number of aryl methyl sites for hydroxylation is 3. The van der Waals surface area contributed by atoms with Crippen molar-refractivity contribution in [3.05, 3.63) is 59.2 Å². The van der Waals surface area contributed by atoms with Crippen LogP contribution in [0.3, 0.4) is 0 Å². The topological polar surface area (TPSA) is 66.5 Å². The molecule has 0 spiro atoms. The van der Waals surface area contributed by atoms with Crippen LogP contribution < -0.4 is 5.32 Å². The molecule has 2 aromatic rings. The summed E-state index contributed by atoms with van der Waals surface area (Å²) in [6.07, 6.45) is 1.37. The molecule has 0 aliphatic carbocycles. The highest BCUT2D eigenvalue weighted by molar-refractivity contribution is 7.89. The van der Waals surface area contributed by atoms with Gasteiger partial charge >= 0.3 is 0 Å². The highest BCUT2D eigenvalue weighted by Gasteiger charge is 2.33. The molecule has 1 aliphatic heterocycles. The molecule has 3 rings (SSSR count). The lowest BCUT2D eigenvalue weighted by atomic mass is 9.98. The van der Waals surface area contributed by atoms with E-state index in [-0.39, 0.29) is 23.3 Å². The molecule has 6 heteroatoms. The molecule has 1 atom stereocenters. The number of carbonyl (C=O) groups excluding carboxylic acids is 1. The van der Waals surface area contributed by atoms with Gasteiger partial charge in [-0.1, -0.05) is 35.9 Å². The Morgan fingerprint density at radius 3 is 2.33 bits per heavy atom. The summed E-state index contributed by atoms with van der Waals surface area (Å²) in [5, 5.41) is 3.03. The number of carbonyl (C=O) groups is 1. The van der Waals surface area contributed by atoms with E-state index in [0.717, 1.165) is 22.4 Å². The molecule has 5 nitrogen and oxygen atoms in total. The van der Waals surface area contributed by atoms with E-state index in [1.807, 2.05) is 32.9 Å². The summed E-state index contributed by atoms with van der Waals surface area (Å²) < 4.78 is 27.1. The van der Waals surface area contributed by atoms with Crippen molar-refractivity contribution in [3.8, 4) is 0 Å². The van der Waals surface area contributed by atoms with E-state index in [4.69, 9.17) is 0 Å². The lowest BCUT2D eigenvalue weighted by Gasteiger charge is -2.31. The molecule has 1 heterocycles. The van der Waals surface area contributed by atoms with Gasteiger partial charge in [0, 0.05) is 18.8 Å². The molecule has 0 saturated carbocycles. The van der Waals surface area contributed by atoms with Crippen molar-refractivity contribution in [3.63, 3.8) is 0 Å². The SMILES string of the molecule is Cc1cc(C)c(NC(=O)[C@H]2CCCN(S(=O)(=O)c3ccccc3)C2)c(C)c1. The fourth-order valence-corrected chi connectivity index (χ4v) is 5.26. The van der Waals surface area contributed by atoms with Crippen LogP contribution in [-0.2, 0) is 14.8 Å². The van der Waals surface area contributed by atoms with Crippen molar-refractivity contribution >= 4 is 21.6 Å². The van der Waals surface area contributed by atoms with Gasteiger partial charge in [-0.2, -0.15) is 4.31 Å². The second-order valence-electron chi connectivity index (χ2n) is 7.28. The molecular formula is C21H26N2O3S. The number of anilines is 1. The number of sulfonamides is 1. The molecule has 1 fully saturated rings. The van der Waals surface area contributed by atoms with Crippen LogP contribution in [0.15, 0.2) is 47.4 Å². The van der Waals surface area contributed by atoms with E-state index in [1.54, 1.807) is 30.3 Å². The first kappa shape index (κ1) is 19.6. The van der Waals surface area contributed by atoms with Crippen LogP contribution in [0.2, 0.25) is 0 Å². The second kappa shape index (κ2) is 7.82. The van der Waals surface area contributed by atoms with Crippen molar-refractivity contribution in [1.29, 1.82) is 0 Å². The predicted octanol–water partition coefficient (Wildman–Crippen LogP) is 3.65. The number of rotatable bonds is 4. The molecule has 144 valence electrons. The van der Waals surface area contributed by atoms with E-state index < -0.39 is 10.0 Å². The van der Waals surface area contributed by atoms with Crippen LogP contribution in [0, 0.1) is 26.7 Å². The van der Waals surface area contributed by atoms with E-state index >= 15 is 0 Å². The number of piperidine rings is 1. The largest absolute Gasteiger partial charge is 0.325 e. The van der Waals surface area contributed by atoms with Crippen LogP contribution in [0.4, 0.5) is 5.69 Å². The Bertz CT molecular complexity index is 916. The van der Waals surface area contributed by atoms with Gasteiger partial charge in [0.1, 0.15) is 0 Å². The Labute approximate surface area is 161 Å². The lowest BCUT2D eigenvalue weighted by Crippen LogP contribution is -2.43. The standard InChI is InChI=1S/C21H26N2O3S/c1-15-12-16(2)20(17(3)13-15)22-21(24)18-8-7-11-23(14-18)27(25,26)19-9-5-4-6-10-19/h4-6,9-10,12-13,18H,7-8,11,14H2,1-3H3,(H,22,24)/t18-/m0/s1. The average Bonchev–Trinajstić information content (AvgIpc) is 2.65. The van der Waals surface area contributed by atoms with Gasteiger partial charge in [-0.15, -0.1) is 0 Å². The summed E-state index contributed by atoms with van der Waals surface area (Å²) in [6, 6.07) is 12.5. The van der Waals surface area contributed by atoms with Crippen LogP contribution in [0.25, 0.3) is 0 Å². The quantitative estimate of drug-likeness (QED) is 0.872. The molecule has 0 aromatic heterocycles. The maximum absolute atomic E-state index is 12.9. The highest BCUT2D eigenvalue weighted by atomic mass is 32.2. The third kappa shape index (κ3) is 4.22. The van der Waals surface area contributed by atoms with Gasteiger partial charge in [0.25, 0.3) is 0 Å². The zero-order valence-electron chi connectivity index (χ0n) is 16.0. The smallest absolute Gasteiger partial charge is 0.243 e. The first-order valence-electron chi connectivity index (χ1n) is 9.23. The van der Waals surface area contributed by atoms with E-state index in [2.05, 4.69) is 5.32 Å². The first-order valence-corrected chi connectivity index (χ1v) is 10.7. The summed E-state index contributed by atoms with van der Waals surface area (Å²) in [5.41, 5.74) is 4.02. The minimum absolute atomic E-state index is 0.113. The number of benzene rings is 2. The van der Waals surface area contributed by atoms with Gasteiger partial charge in [0.15, 0.2) is 0 Å². The normalized spacial score (nSPS) is 18.3. The number of amides is 1. The van der Waals surface area contributed by atoms with E-state index in [9.17, 15) is 13.2 Å². The van der Waals surface area contributed by atoms with Gasteiger partial charge < -0.3 is 5.32 Å². The van der Waals surface area contributed by atoms with Gasteiger partial charge in [0.2, 0.25) is 15.9 Å². The predicted molar refractivity (Wildman–Crippen MR) is 107 cm³/mol. The van der Waals surface area contributed by atoms with Crippen LogP contribution >= 0.6 is 0 Å². The van der Waals surface area contributed by atoms with Crippen molar-refractivity contribution in [2.75, 3.05) is 18.4 Å². The van der Waals surface area contributed by atoms with Gasteiger partial charge in [-0.3, -0.25) is 4.79 Å². The molecule has 27 heavy (non-hydrogen) atoms. The maximum atomic E-state index is 12.9. The highest BCUT2D eigenvalue weighted by Crippen LogP contribution is 2.27. The Balaban J connectivity index is 1.76. The molecule has 1 N–H and O–H groups in total. The summed E-state index contributed by atoms with van der Waals surface area (Å²) >= 11 is 0. The van der Waals surface area contributed by atoms with Crippen molar-refractivity contribution < 1.29 is 13.2 Å². The average molecular weight is 387 g/mol. The molecule has 1 aliphatic rings. The Morgan fingerprint density at radius 2 is 1.70 bits per heavy atom. The number of hydrogen-bond donors (Lipinski definition) is 1. The summed E-state index contributed by atoms with van der Waals surface area (Å²) in [6.45, 7) is 6.64. The number of nitrogens with zero attached hydrogens (tertiary/aromatic N) is 1.